The molecule has 0 atom stereocenters. The maximum atomic E-state index is 6.11. The van der Waals surface area contributed by atoms with Crippen molar-refractivity contribution >= 4 is 17.5 Å². The van der Waals surface area contributed by atoms with Crippen molar-refractivity contribution in [3.63, 3.8) is 0 Å². The number of aromatic nitrogens is 4. The van der Waals surface area contributed by atoms with Crippen molar-refractivity contribution < 1.29 is 9.47 Å². The number of ether oxygens (including phenoxy) is 2. The van der Waals surface area contributed by atoms with Crippen LogP contribution < -0.4 is 20.1 Å². The molecule has 238 valence electrons. The summed E-state index contributed by atoms with van der Waals surface area (Å²) in [7, 11) is 1.67. The van der Waals surface area contributed by atoms with E-state index in [9.17, 15) is 0 Å². The fraction of sp³-hybridized carbons (Fsp3) is 0.629. The van der Waals surface area contributed by atoms with Crippen molar-refractivity contribution in [1.29, 1.82) is 0 Å². The number of benzene rings is 1. The molecule has 3 aliphatic rings. The van der Waals surface area contributed by atoms with Crippen LogP contribution in [0.3, 0.4) is 0 Å². The van der Waals surface area contributed by atoms with Crippen molar-refractivity contribution in [2.24, 2.45) is 5.41 Å². The summed E-state index contributed by atoms with van der Waals surface area (Å²) in [4.78, 5) is 16.7. The van der Waals surface area contributed by atoms with Gasteiger partial charge in [0.1, 0.15) is 11.6 Å². The third-order valence-corrected chi connectivity index (χ3v) is 9.80. The quantitative estimate of drug-likeness (QED) is 0.214. The van der Waals surface area contributed by atoms with E-state index in [1.807, 2.05) is 24.3 Å². The van der Waals surface area contributed by atoms with Crippen LogP contribution in [0.2, 0.25) is 0 Å². The number of methoxy groups -OCH3 is 1. The van der Waals surface area contributed by atoms with Crippen LogP contribution in [0.15, 0.2) is 36.7 Å². The third-order valence-electron chi connectivity index (χ3n) is 9.80. The van der Waals surface area contributed by atoms with Gasteiger partial charge in [-0.05, 0) is 75.2 Å². The molecule has 0 radical (unpaired) electrons. The monoisotopic (exact) mass is 601 g/mol. The highest BCUT2D eigenvalue weighted by molar-refractivity contribution is 5.60. The molecule has 2 N–H and O–H groups in total. The summed E-state index contributed by atoms with van der Waals surface area (Å²) in [5, 5.41) is 6.81. The minimum Gasteiger partial charge on any atom is -0.493 e. The molecule has 1 saturated heterocycles. The van der Waals surface area contributed by atoms with Gasteiger partial charge in [-0.2, -0.15) is 4.98 Å². The summed E-state index contributed by atoms with van der Waals surface area (Å²) in [6, 6.07) is 7.75. The second kappa shape index (κ2) is 15.1. The molecule has 44 heavy (non-hydrogen) atoms. The summed E-state index contributed by atoms with van der Waals surface area (Å²) >= 11 is 0. The van der Waals surface area contributed by atoms with Gasteiger partial charge in [-0.25, -0.2) is 9.97 Å². The molecule has 6 rings (SSSR count). The molecular weight excluding hydrogens is 550 g/mol. The van der Waals surface area contributed by atoms with Gasteiger partial charge in [0.25, 0.3) is 0 Å². The molecule has 1 aliphatic carbocycles. The zero-order valence-electron chi connectivity index (χ0n) is 26.7. The molecule has 2 aromatic heterocycles. The Morgan fingerprint density at radius 3 is 2.55 bits per heavy atom. The van der Waals surface area contributed by atoms with E-state index in [2.05, 4.69) is 31.3 Å². The van der Waals surface area contributed by atoms with Crippen LogP contribution in [-0.4, -0.2) is 64.3 Å². The molecule has 0 unspecified atom stereocenters. The molecule has 2 fully saturated rings. The Morgan fingerprint density at radius 2 is 1.73 bits per heavy atom. The zero-order valence-corrected chi connectivity index (χ0v) is 26.7. The van der Waals surface area contributed by atoms with Gasteiger partial charge in [0.15, 0.2) is 11.5 Å². The highest BCUT2D eigenvalue weighted by Gasteiger charge is 2.34. The summed E-state index contributed by atoms with van der Waals surface area (Å²) in [5.74, 6) is 4.06. The number of likely N-dealkylation sites (tertiary alicyclic amines) is 1. The lowest BCUT2D eigenvalue weighted by Crippen LogP contribution is -2.32. The van der Waals surface area contributed by atoms with Crippen molar-refractivity contribution in [2.45, 2.75) is 96.4 Å². The number of aryl methyl sites for hydroxylation is 1. The van der Waals surface area contributed by atoms with Crippen LogP contribution in [0, 0.1) is 5.41 Å². The largest absolute Gasteiger partial charge is 0.493 e. The van der Waals surface area contributed by atoms with Crippen molar-refractivity contribution in [3.05, 3.63) is 48.2 Å². The SMILES string of the molecule is COc1ccc(Nc2nccc(NCCc3cn4c(n3)CCC3(CCCCCCCC3)C4)n2)cc1OCCCN1CCCC1. The predicted molar refractivity (Wildman–Crippen MR) is 176 cm³/mol. The molecular formula is C35H51N7O2. The first kappa shape index (κ1) is 30.7. The van der Waals surface area contributed by atoms with Crippen LogP contribution in [0.25, 0.3) is 0 Å². The molecule has 0 bridgehead atoms. The average Bonchev–Trinajstić information content (AvgIpc) is 3.72. The van der Waals surface area contributed by atoms with E-state index in [0.29, 0.717) is 18.0 Å². The van der Waals surface area contributed by atoms with Gasteiger partial charge in [-0.3, -0.25) is 0 Å². The molecule has 2 aliphatic heterocycles. The van der Waals surface area contributed by atoms with Gasteiger partial charge < -0.3 is 29.6 Å². The third kappa shape index (κ3) is 8.23. The number of imidazole rings is 1. The Morgan fingerprint density at radius 1 is 0.909 bits per heavy atom. The van der Waals surface area contributed by atoms with Gasteiger partial charge in [-0.15, -0.1) is 0 Å². The van der Waals surface area contributed by atoms with E-state index in [-0.39, 0.29) is 0 Å². The highest BCUT2D eigenvalue weighted by atomic mass is 16.5. The lowest BCUT2D eigenvalue weighted by Gasteiger charge is -2.38. The first-order valence-electron chi connectivity index (χ1n) is 17.1. The van der Waals surface area contributed by atoms with Gasteiger partial charge in [0, 0.05) is 56.6 Å². The predicted octanol–water partition coefficient (Wildman–Crippen LogP) is 7.01. The number of anilines is 3. The highest BCUT2D eigenvalue weighted by Crippen LogP contribution is 2.42. The summed E-state index contributed by atoms with van der Waals surface area (Å²) in [6.45, 7) is 6.09. The lowest BCUT2D eigenvalue weighted by atomic mass is 9.73. The smallest absolute Gasteiger partial charge is 0.229 e. The summed E-state index contributed by atoms with van der Waals surface area (Å²) in [6.07, 6.45) is 22.2. The van der Waals surface area contributed by atoms with E-state index in [1.165, 1.54) is 95.2 Å². The van der Waals surface area contributed by atoms with E-state index in [0.717, 1.165) is 61.9 Å². The van der Waals surface area contributed by atoms with Crippen molar-refractivity contribution in [3.8, 4) is 11.5 Å². The Bertz CT molecular complexity index is 1330. The molecule has 9 heteroatoms. The fourth-order valence-corrected chi connectivity index (χ4v) is 7.34. The van der Waals surface area contributed by atoms with Crippen molar-refractivity contribution in [2.75, 3.05) is 50.5 Å². The number of nitrogens with one attached hydrogen (secondary N) is 2. The van der Waals surface area contributed by atoms with Crippen molar-refractivity contribution in [1.82, 2.24) is 24.4 Å². The van der Waals surface area contributed by atoms with Gasteiger partial charge in [0.2, 0.25) is 5.95 Å². The second-order valence-electron chi connectivity index (χ2n) is 13.1. The average molecular weight is 602 g/mol. The van der Waals surface area contributed by atoms with Gasteiger partial charge in [0.05, 0.1) is 19.4 Å². The minimum absolute atomic E-state index is 0.488. The van der Waals surface area contributed by atoms with E-state index in [4.69, 9.17) is 19.4 Å². The number of nitrogens with zero attached hydrogens (tertiary/aromatic N) is 5. The molecule has 4 heterocycles. The van der Waals surface area contributed by atoms with Gasteiger partial charge >= 0.3 is 0 Å². The molecule has 1 saturated carbocycles. The van der Waals surface area contributed by atoms with Crippen LogP contribution in [0.1, 0.15) is 88.6 Å². The number of fused-ring (bicyclic) bond motifs is 1. The minimum atomic E-state index is 0.488. The standard InChI is InChI=1S/C35H51N7O2/c1-43-30-12-11-28(25-31(30)44-24-10-23-41-21-8-9-22-41)39-34-37-20-15-32(40-34)36-19-14-29-26-42-27-35(18-13-33(42)38-29)16-6-4-2-3-5-7-17-35/h11-12,15,20,25-26H,2-10,13-14,16-19,21-24,27H2,1H3,(H2,36,37,39,40). The van der Waals surface area contributed by atoms with E-state index < -0.39 is 0 Å². The molecule has 0 amide bonds. The molecule has 1 aromatic carbocycles. The van der Waals surface area contributed by atoms with Gasteiger partial charge in [-0.1, -0.05) is 38.5 Å². The molecule has 9 nitrogen and oxygen atoms in total. The number of rotatable bonds is 12. The Hall–Kier alpha value is -3.33. The number of hydrogen-bond donors (Lipinski definition) is 2. The molecule has 1 spiro atoms. The molecule has 3 aromatic rings. The van der Waals surface area contributed by atoms with Crippen LogP contribution in [0.4, 0.5) is 17.5 Å². The van der Waals surface area contributed by atoms with Crippen LogP contribution in [-0.2, 0) is 19.4 Å². The first-order valence-corrected chi connectivity index (χ1v) is 17.1. The van der Waals surface area contributed by atoms with Crippen LogP contribution in [0.5, 0.6) is 11.5 Å². The van der Waals surface area contributed by atoms with E-state index >= 15 is 0 Å². The lowest BCUT2D eigenvalue weighted by molar-refractivity contribution is 0.151. The second-order valence-corrected chi connectivity index (χ2v) is 13.1. The zero-order chi connectivity index (χ0) is 30.0. The Balaban J connectivity index is 0.996. The maximum Gasteiger partial charge on any atom is 0.229 e. The normalized spacial score (nSPS) is 18.7. The van der Waals surface area contributed by atoms with E-state index in [1.54, 1.807) is 13.3 Å². The topological polar surface area (TPSA) is 89.4 Å². The number of hydrogen-bond acceptors (Lipinski definition) is 8. The Kier molecular flexibility index (Phi) is 10.5. The maximum absolute atomic E-state index is 6.11. The summed E-state index contributed by atoms with van der Waals surface area (Å²) in [5.41, 5.74) is 2.52. The summed E-state index contributed by atoms with van der Waals surface area (Å²) < 4.78 is 14.1. The first-order chi connectivity index (χ1) is 21.7. The Labute approximate surface area is 263 Å². The van der Waals surface area contributed by atoms with Crippen LogP contribution >= 0.6 is 0 Å². The fourth-order valence-electron chi connectivity index (χ4n) is 7.34.